The molecule has 0 aliphatic heterocycles. The fourth-order valence-electron chi connectivity index (χ4n) is 12.0. The van der Waals surface area contributed by atoms with Crippen molar-refractivity contribution in [3.8, 4) is 29.2 Å². The van der Waals surface area contributed by atoms with Gasteiger partial charge in [-0.3, -0.25) is 0 Å². The first-order chi connectivity index (χ1) is 34.7. The molecule has 0 fully saturated rings. The molecule has 0 aliphatic rings. The quantitative estimate of drug-likeness (QED) is 0.176. The Labute approximate surface area is 395 Å². The Morgan fingerprint density at radius 1 is 0.271 bits per heavy atom. The second-order valence-electron chi connectivity index (χ2n) is 18.1. The van der Waals surface area contributed by atoms with Crippen molar-refractivity contribution in [2.45, 2.75) is 0 Å². The van der Waals surface area contributed by atoms with Gasteiger partial charge in [-0.2, -0.15) is 10.5 Å². The highest BCUT2D eigenvalue weighted by atomic mass is 16.3. The van der Waals surface area contributed by atoms with Crippen LogP contribution in [-0.2, 0) is 0 Å². The van der Waals surface area contributed by atoms with E-state index in [1.807, 2.05) is 84.9 Å². The molecule has 70 heavy (non-hydrogen) atoms. The third-order valence-corrected chi connectivity index (χ3v) is 14.7. The lowest BCUT2D eigenvalue weighted by molar-refractivity contribution is 0.669. The van der Waals surface area contributed by atoms with Gasteiger partial charge in [0.15, 0.2) is 0 Å². The molecule has 0 N–H and O–H groups in total. The standard InChI is InChI=1S/C62H31N5O3/c63-32-34-31-35(33-64)61(66-43-20-8-2-14-37(43)55-46(66)26-29-52-58(55)40-17-5-11-23-49(40)69-52)62(67-44-21-9-3-15-38(44)56-47(67)27-30-53-59(56)41-18-6-12-24-50(41)70-53)60(34)65-42-19-7-1-13-36(42)54-45(65)25-28-51-57(54)39-16-4-10-22-48(39)68-51/h1-31H. The molecule has 0 radical (unpaired) electrons. The van der Waals surface area contributed by atoms with Gasteiger partial charge >= 0.3 is 0 Å². The van der Waals surface area contributed by atoms with E-state index in [1.54, 1.807) is 6.07 Å². The number of rotatable bonds is 3. The van der Waals surface area contributed by atoms with Crippen LogP contribution in [0.3, 0.4) is 0 Å². The van der Waals surface area contributed by atoms with Gasteiger partial charge in [0.2, 0.25) is 0 Å². The molecule has 6 heterocycles. The van der Waals surface area contributed by atoms with E-state index in [0.717, 1.165) is 131 Å². The fraction of sp³-hybridized carbons (Fsp3) is 0. The topological polar surface area (TPSA) is 102 Å². The van der Waals surface area contributed by atoms with Crippen molar-refractivity contribution in [3.05, 3.63) is 199 Å². The number of fused-ring (bicyclic) bond motifs is 21. The van der Waals surface area contributed by atoms with Crippen molar-refractivity contribution in [3.63, 3.8) is 0 Å². The molecular weight excluding hydrogens is 863 g/mol. The molecule has 0 aliphatic carbocycles. The van der Waals surface area contributed by atoms with Crippen molar-refractivity contribution >= 4 is 131 Å². The van der Waals surface area contributed by atoms with E-state index in [2.05, 4.69) is 123 Å². The summed E-state index contributed by atoms with van der Waals surface area (Å²) in [6.07, 6.45) is 0. The lowest BCUT2D eigenvalue weighted by atomic mass is 10.0. The molecular formula is C62H31N5O3. The minimum absolute atomic E-state index is 0.347. The third kappa shape index (κ3) is 4.57. The van der Waals surface area contributed by atoms with Gasteiger partial charge in [-0.15, -0.1) is 0 Å². The van der Waals surface area contributed by atoms with Crippen LogP contribution in [0.2, 0.25) is 0 Å². The highest BCUT2D eigenvalue weighted by Gasteiger charge is 2.32. The molecule has 0 saturated heterocycles. The van der Waals surface area contributed by atoms with Crippen molar-refractivity contribution in [1.82, 2.24) is 13.7 Å². The number of nitriles is 2. The highest BCUT2D eigenvalue weighted by molar-refractivity contribution is 6.31. The summed E-state index contributed by atoms with van der Waals surface area (Å²) >= 11 is 0. The van der Waals surface area contributed by atoms with Crippen molar-refractivity contribution in [1.29, 1.82) is 10.5 Å². The molecule has 0 saturated carbocycles. The molecule has 8 heteroatoms. The third-order valence-electron chi connectivity index (χ3n) is 14.7. The van der Waals surface area contributed by atoms with E-state index >= 15 is 0 Å². The fourth-order valence-corrected chi connectivity index (χ4v) is 12.0. The highest BCUT2D eigenvalue weighted by Crippen LogP contribution is 2.50. The molecule has 322 valence electrons. The second-order valence-corrected chi connectivity index (χ2v) is 18.1. The minimum atomic E-state index is 0.347. The summed E-state index contributed by atoms with van der Waals surface area (Å²) in [7, 11) is 0. The maximum atomic E-state index is 11.7. The first-order valence-electron chi connectivity index (χ1n) is 23.2. The molecule has 6 aromatic heterocycles. The van der Waals surface area contributed by atoms with E-state index in [0.29, 0.717) is 28.2 Å². The van der Waals surface area contributed by atoms with Gasteiger partial charge in [0.1, 0.15) is 45.6 Å². The number of hydrogen-bond acceptors (Lipinski definition) is 5. The second kappa shape index (κ2) is 13.3. The number of para-hydroxylation sites is 6. The van der Waals surface area contributed by atoms with Crippen LogP contribution >= 0.6 is 0 Å². The number of hydrogen-bond donors (Lipinski definition) is 0. The number of nitrogens with zero attached hydrogens (tertiary/aromatic N) is 5. The van der Waals surface area contributed by atoms with Crippen molar-refractivity contribution in [2.24, 2.45) is 0 Å². The van der Waals surface area contributed by atoms with Crippen molar-refractivity contribution < 1.29 is 13.3 Å². The summed E-state index contributed by atoms with van der Waals surface area (Å²) < 4.78 is 26.4. The summed E-state index contributed by atoms with van der Waals surface area (Å²) in [6.45, 7) is 0. The summed E-state index contributed by atoms with van der Waals surface area (Å²) in [4.78, 5) is 0. The zero-order valence-corrected chi connectivity index (χ0v) is 36.9. The zero-order valence-electron chi connectivity index (χ0n) is 36.9. The average molecular weight is 894 g/mol. The molecule has 0 bridgehead atoms. The van der Waals surface area contributed by atoms with Crippen LogP contribution in [0.4, 0.5) is 0 Å². The molecule has 0 spiro atoms. The summed E-state index contributed by atoms with van der Waals surface area (Å²) in [5, 5.41) is 35.4. The Hall–Kier alpha value is -10.0. The zero-order chi connectivity index (χ0) is 45.9. The average Bonchev–Trinajstić information content (AvgIpc) is 4.26. The molecule has 0 unspecified atom stereocenters. The first-order valence-corrected chi connectivity index (χ1v) is 23.2. The van der Waals surface area contributed by atoms with Gasteiger partial charge in [-0.25, -0.2) is 0 Å². The lowest BCUT2D eigenvalue weighted by Gasteiger charge is -2.24. The van der Waals surface area contributed by atoms with Gasteiger partial charge in [-0.1, -0.05) is 109 Å². The summed E-state index contributed by atoms with van der Waals surface area (Å²) in [5.74, 6) is 0. The number of aromatic nitrogens is 3. The van der Waals surface area contributed by atoms with E-state index in [4.69, 9.17) is 13.3 Å². The number of furan rings is 3. The van der Waals surface area contributed by atoms with E-state index in [1.165, 1.54) is 0 Å². The van der Waals surface area contributed by atoms with Gasteiger partial charge < -0.3 is 27.0 Å². The number of benzene rings is 10. The molecule has 0 amide bonds. The Kier molecular flexibility index (Phi) is 7.06. The van der Waals surface area contributed by atoms with E-state index in [-0.39, 0.29) is 0 Å². The van der Waals surface area contributed by atoms with Gasteiger partial charge in [0.05, 0.1) is 61.3 Å². The molecule has 16 aromatic rings. The predicted molar refractivity (Wildman–Crippen MR) is 281 cm³/mol. The maximum Gasteiger partial charge on any atom is 0.136 e. The van der Waals surface area contributed by atoms with Crippen LogP contribution in [-0.4, -0.2) is 13.7 Å². The van der Waals surface area contributed by atoms with Crippen molar-refractivity contribution in [2.75, 3.05) is 0 Å². The molecule has 0 atom stereocenters. The monoisotopic (exact) mass is 893 g/mol. The van der Waals surface area contributed by atoms with Gasteiger partial charge in [0.25, 0.3) is 0 Å². The SMILES string of the molecule is N#Cc1cc(C#N)c(-n2c3ccccc3c3c4c(ccc32)oc2ccccc24)c(-n2c3ccccc3c3c4c(ccc32)oc2ccccc24)c1-n1c2ccccc2c2c3c(ccc21)oc1ccccc13. The van der Waals surface area contributed by atoms with Crippen LogP contribution in [0, 0.1) is 22.7 Å². The normalized spacial score (nSPS) is 12.3. The minimum Gasteiger partial charge on any atom is -0.456 e. The maximum absolute atomic E-state index is 11.7. The Morgan fingerprint density at radius 2 is 0.571 bits per heavy atom. The Balaban J connectivity index is 1.18. The molecule has 8 nitrogen and oxygen atoms in total. The summed E-state index contributed by atoms with van der Waals surface area (Å²) in [6, 6.07) is 69.2. The van der Waals surface area contributed by atoms with Crippen LogP contribution < -0.4 is 0 Å². The van der Waals surface area contributed by atoms with Gasteiger partial charge in [0, 0.05) is 64.6 Å². The van der Waals surface area contributed by atoms with Crippen LogP contribution in [0.15, 0.2) is 201 Å². The van der Waals surface area contributed by atoms with E-state index in [9.17, 15) is 10.5 Å². The largest absolute Gasteiger partial charge is 0.456 e. The lowest BCUT2D eigenvalue weighted by Crippen LogP contribution is -2.13. The van der Waals surface area contributed by atoms with Crippen LogP contribution in [0.25, 0.3) is 148 Å². The Morgan fingerprint density at radius 3 is 0.914 bits per heavy atom. The van der Waals surface area contributed by atoms with Crippen LogP contribution in [0.1, 0.15) is 11.1 Å². The van der Waals surface area contributed by atoms with Crippen LogP contribution in [0.5, 0.6) is 0 Å². The first kappa shape index (κ1) is 37.1. The Bertz CT molecular complexity index is 4890. The van der Waals surface area contributed by atoms with E-state index < -0.39 is 0 Å². The van der Waals surface area contributed by atoms with Gasteiger partial charge in [-0.05, 0) is 78.9 Å². The molecule has 16 rings (SSSR count). The smallest absolute Gasteiger partial charge is 0.136 e. The summed E-state index contributed by atoms with van der Waals surface area (Å²) in [5.41, 5.74) is 12.8. The molecule has 10 aromatic carbocycles. The predicted octanol–water partition coefficient (Wildman–Crippen LogP) is 16.4.